The molecular weight excluding hydrogens is 480 g/mol. The predicted octanol–water partition coefficient (Wildman–Crippen LogP) is 5.87. The second-order valence-electron chi connectivity index (χ2n) is 8.68. The minimum atomic E-state index is -4.49. The first-order valence-corrected chi connectivity index (χ1v) is 11.3. The molecule has 2 aromatic heterocycles. The molecule has 2 heterocycles. The molecule has 1 saturated carbocycles. The maximum Gasteiger partial charge on any atom is 0.416 e. The molecule has 0 radical (unpaired) electrons. The van der Waals surface area contributed by atoms with Gasteiger partial charge in [0, 0.05) is 5.56 Å². The molecule has 0 unspecified atom stereocenters. The SMILES string of the molecule is O=C(O)[C@H]1CC[C@@H](Oc2cnc(-c3ccc(-c4nc5ccc(C(F)(F)F)cc5[nH]4)c(F)c3)cn2)CC1. The first-order valence-electron chi connectivity index (χ1n) is 11.3. The van der Waals surface area contributed by atoms with Crippen LogP contribution in [0.25, 0.3) is 33.7 Å². The standard InChI is InChI=1S/C25H20F4N4O3/c26-18-9-14(21-11-31-22(12-30-21)36-16-5-1-13(2-6-16)24(34)35)3-7-17(18)23-32-19-8-4-15(25(27,28)29)10-20(19)33-23/h3-4,7-13,16H,1-2,5-6H2,(H,32,33)(H,34,35)/t13-,16+. The van der Waals surface area contributed by atoms with Crippen molar-refractivity contribution in [2.75, 3.05) is 0 Å². The number of rotatable bonds is 5. The number of fused-ring (bicyclic) bond motifs is 1. The van der Waals surface area contributed by atoms with Crippen LogP contribution in [-0.4, -0.2) is 37.1 Å². The largest absolute Gasteiger partial charge is 0.481 e. The molecule has 0 saturated heterocycles. The van der Waals surface area contributed by atoms with Gasteiger partial charge in [0.1, 0.15) is 17.7 Å². The van der Waals surface area contributed by atoms with Crippen molar-refractivity contribution in [2.45, 2.75) is 38.0 Å². The van der Waals surface area contributed by atoms with E-state index in [1.54, 1.807) is 6.07 Å². The van der Waals surface area contributed by atoms with Gasteiger partial charge in [-0.1, -0.05) is 6.07 Å². The number of hydrogen-bond donors (Lipinski definition) is 2. The summed E-state index contributed by atoms with van der Waals surface area (Å²) in [7, 11) is 0. The lowest BCUT2D eigenvalue weighted by Gasteiger charge is -2.26. The van der Waals surface area contributed by atoms with Gasteiger partial charge in [-0.15, -0.1) is 0 Å². The smallest absolute Gasteiger partial charge is 0.416 e. The fourth-order valence-corrected chi connectivity index (χ4v) is 4.30. The zero-order valence-electron chi connectivity index (χ0n) is 18.7. The van der Waals surface area contributed by atoms with E-state index in [0.29, 0.717) is 48.3 Å². The van der Waals surface area contributed by atoms with Gasteiger partial charge in [0.05, 0.1) is 46.2 Å². The van der Waals surface area contributed by atoms with Crippen LogP contribution in [-0.2, 0) is 11.0 Å². The molecule has 1 aliphatic carbocycles. The van der Waals surface area contributed by atoms with Crippen molar-refractivity contribution in [3.05, 3.63) is 60.2 Å². The van der Waals surface area contributed by atoms with Crippen LogP contribution in [0.15, 0.2) is 48.8 Å². The molecular formula is C25H20F4N4O3. The van der Waals surface area contributed by atoms with Crippen molar-refractivity contribution >= 4 is 17.0 Å². The fraction of sp³-hybridized carbons (Fsp3) is 0.280. The van der Waals surface area contributed by atoms with Crippen molar-refractivity contribution in [1.29, 1.82) is 0 Å². The van der Waals surface area contributed by atoms with Crippen LogP contribution < -0.4 is 4.74 Å². The number of nitrogens with one attached hydrogen (secondary N) is 1. The zero-order chi connectivity index (χ0) is 25.4. The van der Waals surface area contributed by atoms with Crippen LogP contribution in [0.2, 0.25) is 0 Å². The van der Waals surface area contributed by atoms with Gasteiger partial charge in [-0.2, -0.15) is 13.2 Å². The molecule has 1 aliphatic rings. The molecule has 0 atom stereocenters. The van der Waals surface area contributed by atoms with Crippen LogP contribution in [0.5, 0.6) is 5.88 Å². The normalized spacial score (nSPS) is 18.3. The molecule has 2 aromatic carbocycles. The summed E-state index contributed by atoms with van der Waals surface area (Å²) in [4.78, 5) is 26.6. The van der Waals surface area contributed by atoms with Crippen molar-refractivity contribution in [3.63, 3.8) is 0 Å². The van der Waals surface area contributed by atoms with Crippen molar-refractivity contribution < 1.29 is 32.2 Å². The predicted molar refractivity (Wildman–Crippen MR) is 122 cm³/mol. The van der Waals surface area contributed by atoms with Crippen LogP contribution in [0.4, 0.5) is 17.6 Å². The summed E-state index contributed by atoms with van der Waals surface area (Å²) in [6, 6.07) is 7.45. The summed E-state index contributed by atoms with van der Waals surface area (Å²) in [6.45, 7) is 0. The molecule has 7 nitrogen and oxygen atoms in total. The van der Waals surface area contributed by atoms with Gasteiger partial charge < -0.3 is 14.8 Å². The first-order chi connectivity index (χ1) is 17.2. The van der Waals surface area contributed by atoms with Gasteiger partial charge in [0.15, 0.2) is 0 Å². The molecule has 4 aromatic rings. The van der Waals surface area contributed by atoms with E-state index in [9.17, 15) is 22.4 Å². The molecule has 0 aliphatic heterocycles. The Morgan fingerprint density at radius 1 is 1.03 bits per heavy atom. The summed E-state index contributed by atoms with van der Waals surface area (Å²) < 4.78 is 59.6. The zero-order valence-corrected chi connectivity index (χ0v) is 18.7. The molecule has 0 spiro atoms. The lowest BCUT2D eigenvalue weighted by atomic mass is 9.87. The van der Waals surface area contributed by atoms with E-state index in [2.05, 4.69) is 19.9 Å². The van der Waals surface area contributed by atoms with E-state index in [0.717, 1.165) is 12.1 Å². The molecule has 5 rings (SSSR count). The Kier molecular flexibility index (Phi) is 6.07. The third-order valence-electron chi connectivity index (χ3n) is 6.27. The number of hydrogen-bond acceptors (Lipinski definition) is 5. The third-order valence-corrected chi connectivity index (χ3v) is 6.27. The number of carbonyl (C=O) groups is 1. The van der Waals surface area contributed by atoms with Gasteiger partial charge in [0.2, 0.25) is 5.88 Å². The van der Waals surface area contributed by atoms with Crippen molar-refractivity contribution in [3.8, 4) is 28.5 Å². The molecule has 36 heavy (non-hydrogen) atoms. The Labute approximate surface area is 202 Å². The number of aromatic amines is 1. The number of ether oxygens (including phenoxy) is 1. The summed E-state index contributed by atoms with van der Waals surface area (Å²) >= 11 is 0. The first kappa shape index (κ1) is 23.7. The quantitative estimate of drug-likeness (QED) is 0.333. The highest BCUT2D eigenvalue weighted by atomic mass is 19.4. The maximum absolute atomic E-state index is 14.9. The molecule has 2 N–H and O–H groups in total. The Bertz CT molecular complexity index is 1410. The van der Waals surface area contributed by atoms with Gasteiger partial charge in [-0.05, 0) is 56.0 Å². The Balaban J connectivity index is 1.30. The van der Waals surface area contributed by atoms with E-state index in [4.69, 9.17) is 9.84 Å². The van der Waals surface area contributed by atoms with Gasteiger partial charge in [-0.25, -0.2) is 19.3 Å². The highest BCUT2D eigenvalue weighted by Gasteiger charge is 2.31. The van der Waals surface area contributed by atoms with Gasteiger partial charge in [-0.3, -0.25) is 4.79 Å². The molecule has 11 heteroatoms. The van der Waals surface area contributed by atoms with Crippen LogP contribution in [0.3, 0.4) is 0 Å². The van der Waals surface area contributed by atoms with E-state index < -0.39 is 23.5 Å². The second kappa shape index (κ2) is 9.21. The molecule has 186 valence electrons. The van der Waals surface area contributed by atoms with E-state index in [-0.39, 0.29) is 28.9 Å². The number of nitrogens with zero attached hydrogens (tertiary/aromatic N) is 3. The Hall–Kier alpha value is -4.02. The number of benzene rings is 2. The van der Waals surface area contributed by atoms with E-state index >= 15 is 0 Å². The molecule has 1 fully saturated rings. The van der Waals surface area contributed by atoms with Crippen LogP contribution in [0, 0.1) is 11.7 Å². The van der Waals surface area contributed by atoms with E-state index in [1.165, 1.54) is 30.6 Å². The Morgan fingerprint density at radius 2 is 1.81 bits per heavy atom. The number of carboxylic acids is 1. The lowest BCUT2D eigenvalue weighted by molar-refractivity contribution is -0.143. The minimum absolute atomic E-state index is 0.105. The summed E-state index contributed by atoms with van der Waals surface area (Å²) in [5.41, 5.74) is 0.587. The van der Waals surface area contributed by atoms with Crippen LogP contribution >= 0.6 is 0 Å². The second-order valence-corrected chi connectivity index (χ2v) is 8.68. The maximum atomic E-state index is 14.9. The van der Waals surface area contributed by atoms with Crippen molar-refractivity contribution in [1.82, 2.24) is 19.9 Å². The summed E-state index contributed by atoms with van der Waals surface area (Å²) in [6.07, 6.45) is 0.590. The van der Waals surface area contributed by atoms with Crippen LogP contribution in [0.1, 0.15) is 31.2 Å². The topological polar surface area (TPSA) is 101 Å². The fourth-order valence-electron chi connectivity index (χ4n) is 4.30. The lowest BCUT2D eigenvalue weighted by Crippen LogP contribution is -2.28. The average Bonchev–Trinajstić information content (AvgIpc) is 3.27. The monoisotopic (exact) mass is 500 g/mol. The Morgan fingerprint density at radius 3 is 2.44 bits per heavy atom. The minimum Gasteiger partial charge on any atom is -0.481 e. The number of H-pyrrole nitrogens is 1. The van der Waals surface area contributed by atoms with Gasteiger partial charge in [0.25, 0.3) is 0 Å². The number of halogens is 4. The number of aliphatic carboxylic acids is 1. The average molecular weight is 500 g/mol. The number of carboxylic acid groups (broad SMARTS) is 1. The summed E-state index contributed by atoms with van der Waals surface area (Å²) in [5.74, 6) is -1.34. The number of imidazole rings is 1. The van der Waals surface area contributed by atoms with Gasteiger partial charge >= 0.3 is 12.1 Å². The molecule has 0 amide bonds. The number of alkyl halides is 3. The third kappa shape index (κ3) is 4.86. The highest BCUT2D eigenvalue weighted by molar-refractivity contribution is 5.80. The summed E-state index contributed by atoms with van der Waals surface area (Å²) in [5, 5.41) is 9.09. The van der Waals surface area contributed by atoms with E-state index in [1.807, 2.05) is 0 Å². The van der Waals surface area contributed by atoms with Crippen molar-refractivity contribution in [2.24, 2.45) is 5.92 Å². The highest BCUT2D eigenvalue weighted by Crippen LogP contribution is 2.33. The number of aromatic nitrogens is 4. The molecule has 0 bridgehead atoms.